The van der Waals surface area contributed by atoms with Crippen molar-refractivity contribution in [2.45, 2.75) is 18.3 Å². The van der Waals surface area contributed by atoms with Crippen LogP contribution in [0.5, 0.6) is 0 Å². The first-order chi connectivity index (χ1) is 14.5. The number of nitrogens with two attached hydrogens (primary N) is 1. The third-order valence-corrected chi connectivity index (χ3v) is 5.42. The summed E-state index contributed by atoms with van der Waals surface area (Å²) in [6.45, 7) is 1.13. The Bertz CT molecular complexity index is 1060. The molecule has 0 saturated carbocycles. The molecule has 14 heteroatoms. The first-order valence-electron chi connectivity index (χ1n) is 8.87. The summed E-state index contributed by atoms with van der Waals surface area (Å²) in [6.07, 6.45) is 1.83. The largest absolute Gasteiger partial charge is 0.516 e. The highest BCUT2D eigenvalue weighted by molar-refractivity contribution is 7.93. The van der Waals surface area contributed by atoms with Gasteiger partial charge in [-0.15, -0.1) is 0 Å². The maximum Gasteiger partial charge on any atom is 0.516 e. The summed E-state index contributed by atoms with van der Waals surface area (Å²) in [7, 11) is -4.26. The number of nitrogens with zero attached hydrogens (tertiary/aromatic N) is 6. The molecular weight excluding hydrogens is 437 g/mol. The molecule has 1 saturated heterocycles. The molecule has 0 spiro atoms. The molecule has 1 heterocycles. The van der Waals surface area contributed by atoms with E-state index in [-0.39, 0.29) is 29.4 Å². The van der Waals surface area contributed by atoms with E-state index >= 15 is 0 Å². The zero-order chi connectivity index (χ0) is 23.2. The molecule has 1 aliphatic heterocycles. The Balaban J connectivity index is 2.34. The number of allylic oxidation sites excluding steroid dienone is 2. The maximum atomic E-state index is 12.9. The SMILES string of the molecule is CN(CN=Nc1ccc(N2CCCC2)cc1NS(=O)(=O)C(F)(F)F)/C(C#N)=C(\N)C#N. The van der Waals surface area contributed by atoms with Crippen molar-refractivity contribution in [2.75, 3.05) is 36.4 Å². The molecule has 0 amide bonds. The Morgan fingerprint density at radius 3 is 2.48 bits per heavy atom. The van der Waals surface area contributed by atoms with Crippen molar-refractivity contribution >= 4 is 27.1 Å². The summed E-state index contributed by atoms with van der Waals surface area (Å²) in [6, 6.07) is 7.56. The number of halogens is 3. The van der Waals surface area contributed by atoms with Crippen molar-refractivity contribution in [1.82, 2.24) is 4.90 Å². The van der Waals surface area contributed by atoms with E-state index in [9.17, 15) is 21.6 Å². The lowest BCUT2D eigenvalue weighted by molar-refractivity contribution is -0.0429. The molecule has 0 radical (unpaired) electrons. The molecule has 0 bridgehead atoms. The lowest BCUT2D eigenvalue weighted by atomic mass is 10.2. The number of azo groups is 1. The molecule has 0 unspecified atom stereocenters. The molecule has 1 aliphatic rings. The summed E-state index contributed by atoms with van der Waals surface area (Å²) >= 11 is 0. The highest BCUT2D eigenvalue weighted by atomic mass is 32.2. The quantitative estimate of drug-likeness (QED) is 0.473. The van der Waals surface area contributed by atoms with E-state index in [0.29, 0.717) is 18.8 Å². The van der Waals surface area contributed by atoms with Gasteiger partial charge in [-0.1, -0.05) is 0 Å². The average molecular weight is 456 g/mol. The van der Waals surface area contributed by atoms with Gasteiger partial charge in [0.15, 0.2) is 5.70 Å². The Morgan fingerprint density at radius 2 is 1.94 bits per heavy atom. The lowest BCUT2D eigenvalue weighted by Gasteiger charge is -2.20. The maximum absolute atomic E-state index is 12.9. The fraction of sp³-hybridized carbons (Fsp3) is 0.412. The number of alkyl halides is 3. The second-order valence-electron chi connectivity index (χ2n) is 6.51. The van der Waals surface area contributed by atoms with Crippen LogP contribution in [0.4, 0.5) is 30.2 Å². The molecule has 1 aromatic carbocycles. The molecule has 3 N–H and O–H groups in total. The monoisotopic (exact) mass is 456 g/mol. The molecule has 0 atom stereocenters. The van der Waals surface area contributed by atoms with Gasteiger partial charge in [-0.25, -0.2) is 0 Å². The van der Waals surface area contributed by atoms with Crippen molar-refractivity contribution in [1.29, 1.82) is 10.5 Å². The van der Waals surface area contributed by atoms with Crippen molar-refractivity contribution in [3.63, 3.8) is 0 Å². The zero-order valence-electron chi connectivity index (χ0n) is 16.4. The molecule has 1 aromatic rings. The first-order valence-corrected chi connectivity index (χ1v) is 10.3. The van der Waals surface area contributed by atoms with Crippen LogP contribution in [0.3, 0.4) is 0 Å². The van der Waals surface area contributed by atoms with Crippen LogP contribution in [-0.4, -0.2) is 45.6 Å². The number of sulfonamides is 1. The summed E-state index contributed by atoms with van der Waals surface area (Å²) in [5, 5.41) is 25.4. The topological polar surface area (TPSA) is 151 Å². The number of benzene rings is 1. The van der Waals surface area contributed by atoms with Crippen LogP contribution in [0, 0.1) is 22.7 Å². The van der Waals surface area contributed by atoms with Gasteiger partial charge in [0.2, 0.25) is 0 Å². The van der Waals surface area contributed by atoms with E-state index in [1.807, 2.05) is 4.90 Å². The summed E-state index contributed by atoms with van der Waals surface area (Å²) in [4.78, 5) is 3.12. The number of hydrogen-bond acceptors (Lipinski definition) is 9. The Morgan fingerprint density at radius 1 is 1.29 bits per heavy atom. The van der Waals surface area contributed by atoms with Crippen LogP contribution in [0.25, 0.3) is 0 Å². The molecule has 31 heavy (non-hydrogen) atoms. The highest BCUT2D eigenvalue weighted by Crippen LogP contribution is 2.35. The second-order valence-corrected chi connectivity index (χ2v) is 8.19. The van der Waals surface area contributed by atoms with Crippen molar-refractivity contribution < 1.29 is 21.6 Å². The molecule has 2 rings (SSSR count). The number of nitrogens with one attached hydrogen (secondary N) is 1. The average Bonchev–Trinajstić information content (AvgIpc) is 3.23. The molecular formula is C17H19F3N8O2S. The van der Waals surface area contributed by atoms with Crippen molar-refractivity contribution in [2.24, 2.45) is 16.0 Å². The van der Waals surface area contributed by atoms with E-state index in [4.69, 9.17) is 16.3 Å². The zero-order valence-corrected chi connectivity index (χ0v) is 17.2. The minimum Gasteiger partial charge on any atom is -0.388 e. The van der Waals surface area contributed by atoms with Gasteiger partial charge in [-0.2, -0.15) is 42.3 Å². The summed E-state index contributed by atoms with van der Waals surface area (Å²) < 4.78 is 63.3. The number of hydrogen-bond donors (Lipinski definition) is 2. The van der Waals surface area contributed by atoms with Crippen LogP contribution in [0.1, 0.15) is 12.8 Å². The predicted molar refractivity (Wildman–Crippen MR) is 106 cm³/mol. The standard InChI is InChI=1S/C17H19F3N8O2S/c1-27(16(10-22)13(23)9-21)11-24-25-14-5-4-12(28-6-2-3-7-28)8-15(14)26-31(29,30)17(18,19)20/h4-5,8,26H,2-3,6-7,11,23H2,1H3/b16-13-,25-24?. The van der Waals surface area contributed by atoms with Gasteiger partial charge in [0.05, 0.1) is 5.69 Å². The molecule has 166 valence electrons. The third-order valence-electron chi connectivity index (χ3n) is 4.32. The van der Waals surface area contributed by atoms with Crippen LogP contribution in [0.15, 0.2) is 39.8 Å². The van der Waals surface area contributed by atoms with Crippen molar-refractivity contribution in [3.05, 3.63) is 29.6 Å². The minimum absolute atomic E-state index is 0.153. The van der Waals surface area contributed by atoms with Gasteiger partial charge in [0.25, 0.3) is 0 Å². The van der Waals surface area contributed by atoms with Crippen LogP contribution in [-0.2, 0) is 10.0 Å². The van der Waals surface area contributed by atoms with Crippen molar-refractivity contribution in [3.8, 4) is 12.1 Å². The van der Waals surface area contributed by atoms with Gasteiger partial charge in [0.1, 0.15) is 30.2 Å². The van der Waals surface area contributed by atoms with Gasteiger partial charge >= 0.3 is 15.5 Å². The predicted octanol–water partition coefficient (Wildman–Crippen LogP) is 2.74. The summed E-state index contributed by atoms with van der Waals surface area (Å²) in [5.74, 6) is 0. The Labute approximate surface area is 177 Å². The van der Waals surface area contributed by atoms with Gasteiger partial charge in [-0.05, 0) is 31.0 Å². The summed E-state index contributed by atoms with van der Waals surface area (Å²) in [5.41, 5.74) is -0.588. The van der Waals surface area contributed by atoms with Gasteiger partial charge < -0.3 is 15.5 Å². The highest BCUT2D eigenvalue weighted by Gasteiger charge is 2.46. The Kier molecular flexibility index (Phi) is 7.30. The normalized spacial score (nSPS) is 15.4. The van der Waals surface area contributed by atoms with E-state index in [1.54, 1.807) is 18.2 Å². The third kappa shape index (κ3) is 5.76. The fourth-order valence-electron chi connectivity index (χ4n) is 2.75. The first kappa shape index (κ1) is 23.8. The molecule has 0 aromatic heterocycles. The molecule has 1 fully saturated rings. The minimum atomic E-state index is -5.67. The fourth-order valence-corrected chi connectivity index (χ4v) is 3.31. The second kappa shape index (κ2) is 9.53. The van der Waals surface area contributed by atoms with Gasteiger partial charge in [-0.3, -0.25) is 4.72 Å². The Hall–Kier alpha value is -3.52. The molecule has 0 aliphatic carbocycles. The van der Waals surface area contributed by atoms with E-state index in [1.165, 1.54) is 28.8 Å². The smallest absolute Gasteiger partial charge is 0.388 e. The molecule has 10 nitrogen and oxygen atoms in total. The number of nitriles is 2. The van der Waals surface area contributed by atoms with E-state index in [0.717, 1.165) is 12.8 Å². The van der Waals surface area contributed by atoms with Crippen LogP contribution in [0.2, 0.25) is 0 Å². The van der Waals surface area contributed by atoms with E-state index < -0.39 is 15.5 Å². The number of rotatable bonds is 7. The van der Waals surface area contributed by atoms with E-state index in [2.05, 4.69) is 10.2 Å². The van der Waals surface area contributed by atoms with Gasteiger partial charge in [0, 0.05) is 25.8 Å². The lowest BCUT2D eigenvalue weighted by Crippen LogP contribution is -2.30. The number of anilines is 2. The van der Waals surface area contributed by atoms with Crippen LogP contribution < -0.4 is 15.4 Å². The van der Waals surface area contributed by atoms with Crippen LogP contribution >= 0.6 is 0 Å².